The van der Waals surface area contributed by atoms with E-state index in [-0.39, 0.29) is 34.4 Å². The Morgan fingerprint density at radius 3 is 2.72 bits per heavy atom. The Morgan fingerprint density at radius 1 is 1.38 bits per heavy atom. The number of rotatable bonds is 9. The van der Waals surface area contributed by atoms with Gasteiger partial charge in [-0.05, 0) is 25.1 Å². The average Bonchev–Trinajstić information content (AvgIpc) is 2.68. The molecule has 2 rings (SSSR count). The molecule has 158 valence electrons. The van der Waals surface area contributed by atoms with Crippen LogP contribution in [0.3, 0.4) is 0 Å². The Balaban J connectivity index is 2.45. The molecule has 0 spiro atoms. The molecule has 1 amide bonds. The number of alkyl halides is 2. The molecule has 29 heavy (non-hydrogen) atoms. The molecule has 0 aliphatic carbocycles. The zero-order chi connectivity index (χ0) is 21.6. The van der Waals surface area contributed by atoms with Gasteiger partial charge in [0.1, 0.15) is 5.69 Å². The summed E-state index contributed by atoms with van der Waals surface area (Å²) in [4.78, 5) is 28.8. The molecule has 0 unspecified atom stereocenters. The van der Waals surface area contributed by atoms with Crippen molar-refractivity contribution in [1.29, 1.82) is 0 Å². The van der Waals surface area contributed by atoms with Gasteiger partial charge >= 0.3 is 0 Å². The van der Waals surface area contributed by atoms with Crippen LogP contribution in [0.1, 0.15) is 24.2 Å². The Bertz CT molecular complexity index is 931. The first kappa shape index (κ1) is 22.6. The van der Waals surface area contributed by atoms with Crippen molar-refractivity contribution in [2.24, 2.45) is 7.05 Å². The van der Waals surface area contributed by atoms with Crippen LogP contribution in [-0.2, 0) is 11.2 Å². The number of carbonyl (C=O) groups excluding carboxylic acids is 1. The third-order valence-electron chi connectivity index (χ3n) is 3.62. The quantitative estimate of drug-likeness (QED) is 0.484. The van der Waals surface area contributed by atoms with E-state index in [1.807, 2.05) is 0 Å². The van der Waals surface area contributed by atoms with E-state index in [2.05, 4.69) is 10.3 Å². The number of pyridine rings is 2. The van der Waals surface area contributed by atoms with E-state index in [0.717, 1.165) is 11.5 Å². The average molecular weight is 429 g/mol. The van der Waals surface area contributed by atoms with Crippen LogP contribution >= 0.6 is 12.3 Å². The minimum atomic E-state index is -3.04. The second-order valence-electron chi connectivity index (χ2n) is 6.02. The van der Waals surface area contributed by atoms with Crippen LogP contribution < -0.4 is 19.8 Å². The van der Waals surface area contributed by atoms with Gasteiger partial charge in [-0.1, -0.05) is 0 Å². The van der Waals surface area contributed by atoms with Crippen molar-refractivity contribution in [1.82, 2.24) is 14.9 Å². The maximum Gasteiger partial charge on any atom is 0.278 e. The van der Waals surface area contributed by atoms with Gasteiger partial charge in [0.15, 0.2) is 18.2 Å². The summed E-state index contributed by atoms with van der Waals surface area (Å²) < 4.78 is 42.7. The van der Waals surface area contributed by atoms with E-state index in [1.54, 1.807) is 6.92 Å². The molecule has 2 aromatic rings. The zero-order valence-corrected chi connectivity index (χ0v) is 17.1. The first-order valence-corrected chi connectivity index (χ1v) is 9.24. The van der Waals surface area contributed by atoms with Crippen molar-refractivity contribution >= 4 is 18.2 Å². The highest BCUT2D eigenvalue weighted by atomic mass is 32.2. The zero-order valence-electron chi connectivity index (χ0n) is 16.3. The predicted molar refractivity (Wildman–Crippen MR) is 104 cm³/mol. The van der Waals surface area contributed by atoms with Crippen molar-refractivity contribution < 1.29 is 26.7 Å². The van der Waals surface area contributed by atoms with Crippen molar-refractivity contribution in [2.45, 2.75) is 19.8 Å². The molecular weight excluding hydrogens is 408 g/mol. The second-order valence-corrected chi connectivity index (χ2v) is 6.55. The third kappa shape index (κ3) is 5.91. The summed E-state index contributed by atoms with van der Waals surface area (Å²) in [5, 5.41) is 2.47. The molecular formula is C18H21F2N3O5S. The fourth-order valence-corrected chi connectivity index (χ4v) is 2.58. The molecule has 0 aliphatic heterocycles. The monoisotopic (exact) mass is 429 g/mol. The number of hydrogen-bond donors (Lipinski definition) is 1. The van der Waals surface area contributed by atoms with Gasteiger partial charge in [-0.2, -0.15) is 0 Å². The largest absolute Gasteiger partial charge is 0.472 e. The summed E-state index contributed by atoms with van der Waals surface area (Å²) >= 11 is 0.679. The van der Waals surface area contributed by atoms with Crippen molar-refractivity contribution in [3.05, 3.63) is 40.3 Å². The molecule has 0 saturated heterocycles. The molecule has 0 fully saturated rings. The van der Waals surface area contributed by atoms with Gasteiger partial charge in [-0.15, -0.1) is 0 Å². The minimum absolute atomic E-state index is 0.0200. The third-order valence-corrected chi connectivity index (χ3v) is 4.20. The van der Waals surface area contributed by atoms with E-state index >= 15 is 0 Å². The van der Waals surface area contributed by atoms with Crippen LogP contribution in [0, 0.1) is 0 Å². The molecule has 2 heterocycles. The molecule has 8 nitrogen and oxygen atoms in total. The van der Waals surface area contributed by atoms with Crippen molar-refractivity contribution in [3.8, 4) is 22.9 Å². The van der Waals surface area contributed by atoms with E-state index in [9.17, 15) is 18.4 Å². The first-order valence-electron chi connectivity index (χ1n) is 8.57. The lowest BCUT2D eigenvalue weighted by Gasteiger charge is -2.15. The predicted octanol–water partition coefficient (Wildman–Crippen LogP) is 2.82. The standard InChI is InChI=1S/C18H21F2N3O5S/c1-5-27-29-28-13-8-11(16(24)21-3)9-22-15(13)12-6-7-14(23(4)17(12)25)26-10-18(2,19)20/h6-9H,5,10H2,1-4H3,(H,21,24). The maximum absolute atomic E-state index is 13.0. The Hall–Kier alpha value is -2.66. The van der Waals surface area contributed by atoms with E-state index < -0.39 is 18.1 Å². The lowest BCUT2D eigenvalue weighted by molar-refractivity contribution is -0.0252. The van der Waals surface area contributed by atoms with Crippen LogP contribution in [0.25, 0.3) is 11.3 Å². The van der Waals surface area contributed by atoms with E-state index in [0.29, 0.717) is 18.9 Å². The summed E-state index contributed by atoms with van der Waals surface area (Å²) in [5.41, 5.74) is -0.00448. The lowest BCUT2D eigenvalue weighted by Crippen LogP contribution is -2.26. The number of halogens is 2. The van der Waals surface area contributed by atoms with E-state index in [4.69, 9.17) is 13.1 Å². The van der Waals surface area contributed by atoms with E-state index in [1.165, 1.54) is 38.5 Å². The molecule has 11 heteroatoms. The second kappa shape index (κ2) is 9.70. The Kier molecular flexibility index (Phi) is 7.57. The first-order chi connectivity index (χ1) is 13.7. The smallest absolute Gasteiger partial charge is 0.278 e. The van der Waals surface area contributed by atoms with Crippen LogP contribution in [0.15, 0.2) is 29.2 Å². The summed E-state index contributed by atoms with van der Waals surface area (Å²) in [6.45, 7) is 2.00. The Labute approximate surface area is 170 Å². The fraction of sp³-hybridized carbons (Fsp3) is 0.389. The molecule has 1 N–H and O–H groups in total. The van der Waals surface area contributed by atoms with Gasteiger partial charge in [0.05, 0.1) is 17.7 Å². The maximum atomic E-state index is 13.0. The van der Waals surface area contributed by atoms with Gasteiger partial charge in [0.25, 0.3) is 17.4 Å². The lowest BCUT2D eigenvalue weighted by atomic mass is 10.1. The highest BCUT2D eigenvalue weighted by Crippen LogP contribution is 2.30. The van der Waals surface area contributed by atoms with Gasteiger partial charge in [0.2, 0.25) is 12.3 Å². The van der Waals surface area contributed by atoms with Gasteiger partial charge in [0, 0.05) is 27.2 Å². The van der Waals surface area contributed by atoms with Crippen LogP contribution in [0.4, 0.5) is 8.78 Å². The molecule has 0 aliphatic rings. The Morgan fingerprint density at radius 2 is 2.10 bits per heavy atom. The molecule has 0 saturated carbocycles. The number of nitrogens with zero attached hydrogens (tertiary/aromatic N) is 2. The number of carbonyl (C=O) groups is 1. The fourth-order valence-electron chi connectivity index (χ4n) is 2.23. The summed E-state index contributed by atoms with van der Waals surface area (Å²) in [5.74, 6) is -3.31. The summed E-state index contributed by atoms with van der Waals surface area (Å²) in [6.07, 6.45) is 1.30. The SMILES string of the molecule is CCOSOc1cc(C(=O)NC)cnc1-c1ccc(OCC(C)(F)F)n(C)c1=O. The summed E-state index contributed by atoms with van der Waals surface area (Å²) in [6, 6.07) is 4.20. The van der Waals surface area contributed by atoms with Crippen molar-refractivity contribution in [3.63, 3.8) is 0 Å². The molecule has 0 bridgehead atoms. The number of nitrogens with one attached hydrogen (secondary N) is 1. The topological polar surface area (TPSA) is 91.7 Å². The molecule has 0 atom stereocenters. The van der Waals surface area contributed by atoms with Crippen LogP contribution in [-0.4, -0.2) is 41.6 Å². The van der Waals surface area contributed by atoms with Crippen molar-refractivity contribution in [2.75, 3.05) is 20.3 Å². The molecule has 2 aromatic heterocycles. The molecule has 0 aromatic carbocycles. The number of hydrogen-bond acceptors (Lipinski definition) is 7. The minimum Gasteiger partial charge on any atom is -0.472 e. The van der Waals surface area contributed by atoms with Gasteiger partial charge in [-0.3, -0.25) is 23.3 Å². The number of aromatic nitrogens is 2. The molecule has 0 radical (unpaired) electrons. The van der Waals surface area contributed by atoms with Crippen LogP contribution in [0.5, 0.6) is 11.6 Å². The number of ether oxygens (including phenoxy) is 1. The highest BCUT2D eigenvalue weighted by molar-refractivity contribution is 7.90. The summed E-state index contributed by atoms with van der Waals surface area (Å²) in [7, 11) is 2.86. The number of amides is 1. The van der Waals surface area contributed by atoms with Gasteiger partial charge < -0.3 is 14.2 Å². The normalized spacial score (nSPS) is 11.2. The highest BCUT2D eigenvalue weighted by Gasteiger charge is 2.23. The van der Waals surface area contributed by atoms with Gasteiger partial charge in [-0.25, -0.2) is 8.78 Å². The van der Waals surface area contributed by atoms with Crippen LogP contribution in [0.2, 0.25) is 0 Å².